The lowest BCUT2D eigenvalue weighted by Crippen LogP contribution is -2.27. The Morgan fingerprint density at radius 3 is 2.58 bits per heavy atom. The van der Waals surface area contributed by atoms with Crippen LogP contribution in [-0.4, -0.2) is 18.2 Å². The SMILES string of the molecule is Cc1ccc(CC(=O)NCCSCc2ccc(Cl)c(Cl)c2)c(C)c1. The highest BCUT2D eigenvalue weighted by molar-refractivity contribution is 7.98. The zero-order chi connectivity index (χ0) is 17.5. The number of amides is 1. The van der Waals surface area contributed by atoms with E-state index in [1.54, 1.807) is 11.8 Å². The van der Waals surface area contributed by atoms with Gasteiger partial charge in [-0.25, -0.2) is 0 Å². The van der Waals surface area contributed by atoms with E-state index in [-0.39, 0.29) is 5.91 Å². The minimum Gasteiger partial charge on any atom is -0.355 e. The molecule has 2 nitrogen and oxygen atoms in total. The topological polar surface area (TPSA) is 29.1 Å². The number of hydrogen-bond donors (Lipinski definition) is 1. The molecule has 0 aliphatic rings. The third-order valence-electron chi connectivity index (χ3n) is 3.67. The Kier molecular flexibility index (Phi) is 7.47. The Bertz CT molecular complexity index is 719. The smallest absolute Gasteiger partial charge is 0.224 e. The summed E-state index contributed by atoms with van der Waals surface area (Å²) in [5.74, 6) is 1.78. The summed E-state index contributed by atoms with van der Waals surface area (Å²) < 4.78 is 0. The number of thioether (sulfide) groups is 1. The van der Waals surface area contributed by atoms with Gasteiger partial charge in [-0.15, -0.1) is 0 Å². The highest BCUT2D eigenvalue weighted by Crippen LogP contribution is 2.24. The third-order valence-corrected chi connectivity index (χ3v) is 5.44. The Morgan fingerprint density at radius 1 is 1.08 bits per heavy atom. The first kappa shape index (κ1) is 19.2. The summed E-state index contributed by atoms with van der Waals surface area (Å²) in [5, 5.41) is 4.13. The molecule has 5 heteroatoms. The second kappa shape index (κ2) is 9.36. The lowest BCUT2D eigenvalue weighted by Gasteiger charge is -2.08. The van der Waals surface area contributed by atoms with Gasteiger partial charge in [0.15, 0.2) is 0 Å². The van der Waals surface area contributed by atoms with Crippen LogP contribution in [-0.2, 0) is 17.0 Å². The van der Waals surface area contributed by atoms with E-state index in [2.05, 4.69) is 18.3 Å². The van der Waals surface area contributed by atoms with Crippen molar-refractivity contribution in [3.05, 3.63) is 68.7 Å². The summed E-state index contributed by atoms with van der Waals surface area (Å²) in [5.41, 5.74) is 4.60. The first-order valence-electron chi connectivity index (χ1n) is 7.80. The van der Waals surface area contributed by atoms with Crippen LogP contribution in [0.5, 0.6) is 0 Å². The van der Waals surface area contributed by atoms with Gasteiger partial charge in [0.2, 0.25) is 5.91 Å². The van der Waals surface area contributed by atoms with E-state index in [9.17, 15) is 4.79 Å². The van der Waals surface area contributed by atoms with E-state index in [0.29, 0.717) is 23.0 Å². The maximum atomic E-state index is 12.0. The molecule has 0 fully saturated rings. The van der Waals surface area contributed by atoms with E-state index in [0.717, 1.165) is 22.6 Å². The minimum absolute atomic E-state index is 0.0668. The molecule has 0 atom stereocenters. The van der Waals surface area contributed by atoms with Gasteiger partial charge in [-0.05, 0) is 42.7 Å². The van der Waals surface area contributed by atoms with Crippen LogP contribution in [0.2, 0.25) is 10.0 Å². The van der Waals surface area contributed by atoms with Gasteiger partial charge in [0.25, 0.3) is 0 Å². The minimum atomic E-state index is 0.0668. The average Bonchev–Trinajstić information content (AvgIpc) is 2.53. The Morgan fingerprint density at radius 2 is 1.88 bits per heavy atom. The average molecular weight is 382 g/mol. The molecule has 2 aromatic carbocycles. The monoisotopic (exact) mass is 381 g/mol. The largest absolute Gasteiger partial charge is 0.355 e. The number of nitrogens with one attached hydrogen (secondary N) is 1. The number of carbonyl (C=O) groups is 1. The van der Waals surface area contributed by atoms with Crippen LogP contribution >= 0.6 is 35.0 Å². The van der Waals surface area contributed by atoms with Crippen LogP contribution in [0.1, 0.15) is 22.3 Å². The zero-order valence-electron chi connectivity index (χ0n) is 13.9. The van der Waals surface area contributed by atoms with Crippen molar-refractivity contribution in [2.24, 2.45) is 0 Å². The molecule has 0 heterocycles. The fourth-order valence-corrected chi connectivity index (χ4v) is 3.49. The Hall–Kier alpha value is -1.16. The van der Waals surface area contributed by atoms with E-state index in [4.69, 9.17) is 23.2 Å². The van der Waals surface area contributed by atoms with E-state index in [1.807, 2.05) is 37.3 Å². The van der Waals surface area contributed by atoms with E-state index < -0.39 is 0 Å². The van der Waals surface area contributed by atoms with Crippen LogP contribution in [0.15, 0.2) is 36.4 Å². The second-order valence-electron chi connectivity index (χ2n) is 5.76. The van der Waals surface area contributed by atoms with Gasteiger partial charge in [0.05, 0.1) is 16.5 Å². The molecule has 0 saturated heterocycles. The van der Waals surface area contributed by atoms with Crippen molar-refractivity contribution in [1.82, 2.24) is 5.32 Å². The fraction of sp³-hybridized carbons (Fsp3) is 0.316. The highest BCUT2D eigenvalue weighted by Gasteiger charge is 2.06. The molecule has 24 heavy (non-hydrogen) atoms. The molecule has 0 bridgehead atoms. The quantitative estimate of drug-likeness (QED) is 0.667. The van der Waals surface area contributed by atoms with Gasteiger partial charge < -0.3 is 5.32 Å². The molecule has 0 unspecified atom stereocenters. The molecular formula is C19H21Cl2NOS. The number of hydrogen-bond acceptors (Lipinski definition) is 2. The lowest BCUT2D eigenvalue weighted by molar-refractivity contribution is -0.120. The zero-order valence-corrected chi connectivity index (χ0v) is 16.2. The van der Waals surface area contributed by atoms with Crippen molar-refractivity contribution in [2.45, 2.75) is 26.0 Å². The number of carbonyl (C=O) groups excluding carboxylic acids is 1. The van der Waals surface area contributed by atoms with Gasteiger partial charge in [-0.3, -0.25) is 4.79 Å². The van der Waals surface area contributed by atoms with Gasteiger partial charge in [-0.2, -0.15) is 11.8 Å². The Labute approximate surface area is 157 Å². The van der Waals surface area contributed by atoms with Crippen molar-refractivity contribution >= 4 is 40.9 Å². The molecule has 0 spiro atoms. The van der Waals surface area contributed by atoms with Crippen molar-refractivity contribution in [1.29, 1.82) is 0 Å². The summed E-state index contributed by atoms with van der Waals surface area (Å²) in [6.45, 7) is 4.76. The maximum absolute atomic E-state index is 12.0. The first-order valence-corrected chi connectivity index (χ1v) is 9.71. The molecule has 0 aliphatic heterocycles. The summed E-state index contributed by atoms with van der Waals surface area (Å²) in [6, 6.07) is 11.8. The van der Waals surface area contributed by atoms with Crippen molar-refractivity contribution in [3.8, 4) is 0 Å². The first-order chi connectivity index (χ1) is 11.5. The molecule has 128 valence electrons. The van der Waals surface area contributed by atoms with Crippen LogP contribution < -0.4 is 5.32 Å². The van der Waals surface area contributed by atoms with Crippen molar-refractivity contribution in [3.63, 3.8) is 0 Å². The lowest BCUT2D eigenvalue weighted by atomic mass is 10.0. The molecule has 2 aromatic rings. The van der Waals surface area contributed by atoms with Crippen molar-refractivity contribution < 1.29 is 4.79 Å². The van der Waals surface area contributed by atoms with Crippen LogP contribution in [0.4, 0.5) is 0 Å². The maximum Gasteiger partial charge on any atom is 0.224 e. The van der Waals surface area contributed by atoms with Crippen LogP contribution in [0.3, 0.4) is 0 Å². The Balaban J connectivity index is 1.68. The second-order valence-corrected chi connectivity index (χ2v) is 7.68. The molecular weight excluding hydrogens is 361 g/mol. The third kappa shape index (κ3) is 6.04. The predicted octanol–water partition coefficient (Wildman–Crippen LogP) is 5.20. The summed E-state index contributed by atoms with van der Waals surface area (Å²) in [7, 11) is 0. The van der Waals surface area contributed by atoms with Crippen LogP contribution in [0, 0.1) is 13.8 Å². The van der Waals surface area contributed by atoms with Gasteiger partial charge in [0, 0.05) is 18.1 Å². The van der Waals surface area contributed by atoms with Gasteiger partial charge >= 0.3 is 0 Å². The molecule has 1 amide bonds. The molecule has 2 rings (SSSR count). The summed E-state index contributed by atoms with van der Waals surface area (Å²) >= 11 is 13.7. The summed E-state index contributed by atoms with van der Waals surface area (Å²) in [4.78, 5) is 12.0. The highest BCUT2D eigenvalue weighted by atomic mass is 35.5. The standard InChI is InChI=1S/C19H21Cl2NOS/c1-13-3-5-16(14(2)9-13)11-19(23)22-7-8-24-12-15-4-6-17(20)18(21)10-15/h3-6,9-10H,7-8,11-12H2,1-2H3,(H,22,23). The predicted molar refractivity (Wildman–Crippen MR) is 105 cm³/mol. The fourth-order valence-electron chi connectivity index (χ4n) is 2.36. The van der Waals surface area contributed by atoms with Gasteiger partial charge in [0.1, 0.15) is 0 Å². The molecule has 0 aliphatic carbocycles. The normalized spacial score (nSPS) is 10.7. The molecule has 1 N–H and O–H groups in total. The van der Waals surface area contributed by atoms with Crippen LogP contribution in [0.25, 0.3) is 0 Å². The number of halogens is 2. The van der Waals surface area contributed by atoms with E-state index >= 15 is 0 Å². The molecule has 0 saturated carbocycles. The van der Waals surface area contributed by atoms with Gasteiger partial charge in [-0.1, -0.05) is 53.0 Å². The van der Waals surface area contributed by atoms with E-state index in [1.165, 1.54) is 11.1 Å². The summed E-state index contributed by atoms with van der Waals surface area (Å²) in [6.07, 6.45) is 0.434. The number of aryl methyl sites for hydroxylation is 2. The van der Waals surface area contributed by atoms with Crippen molar-refractivity contribution in [2.75, 3.05) is 12.3 Å². The number of rotatable bonds is 7. The molecule has 0 radical (unpaired) electrons. The molecule has 0 aromatic heterocycles. The number of benzene rings is 2.